The molecule has 0 spiro atoms. The molecule has 0 aromatic carbocycles. The van der Waals surface area contributed by atoms with Crippen molar-refractivity contribution in [2.24, 2.45) is 0 Å². The Bertz CT molecular complexity index is 707. The van der Waals surface area contributed by atoms with Crippen molar-refractivity contribution >= 4 is 19.7 Å². The van der Waals surface area contributed by atoms with E-state index in [4.69, 9.17) is 9.41 Å². The van der Waals surface area contributed by atoms with Gasteiger partial charge in [0.15, 0.2) is 8.32 Å². The van der Waals surface area contributed by atoms with Crippen LogP contribution in [0, 0.1) is 5.95 Å². The first kappa shape index (κ1) is 19.2. The number of rotatable bonds is 5. The highest BCUT2D eigenvalue weighted by molar-refractivity contribution is 7.15. The van der Waals surface area contributed by atoms with E-state index in [0.717, 1.165) is 16.3 Å². The van der Waals surface area contributed by atoms with Gasteiger partial charge in [0.05, 0.1) is 12.3 Å². The van der Waals surface area contributed by atoms with Crippen molar-refractivity contribution in [2.75, 3.05) is 0 Å². The van der Waals surface area contributed by atoms with Crippen LogP contribution in [0.3, 0.4) is 0 Å². The molecule has 6 heteroatoms. The minimum absolute atomic E-state index is 0.165. The number of hydrogen-bond acceptors (Lipinski definition) is 4. The van der Waals surface area contributed by atoms with Crippen molar-refractivity contribution in [3.05, 3.63) is 34.8 Å². The van der Waals surface area contributed by atoms with E-state index in [0.29, 0.717) is 12.5 Å². The molecular formula is C18H27FN2OSSi. The molecular weight excluding hydrogens is 339 g/mol. The molecule has 24 heavy (non-hydrogen) atoms. The van der Waals surface area contributed by atoms with E-state index >= 15 is 0 Å². The van der Waals surface area contributed by atoms with E-state index in [1.54, 1.807) is 17.4 Å². The van der Waals surface area contributed by atoms with E-state index < -0.39 is 14.3 Å². The summed E-state index contributed by atoms with van der Waals surface area (Å²) in [6, 6.07) is 3.23. The summed E-state index contributed by atoms with van der Waals surface area (Å²) in [5, 5.41) is 0.992. The quantitative estimate of drug-likeness (QED) is 0.481. The molecule has 0 N–H and O–H groups in total. The van der Waals surface area contributed by atoms with Crippen LogP contribution in [0.5, 0.6) is 0 Å². The van der Waals surface area contributed by atoms with Gasteiger partial charge in [-0.15, -0.1) is 11.3 Å². The average Bonchev–Trinajstić information content (AvgIpc) is 2.88. The molecule has 0 unspecified atom stereocenters. The second kappa shape index (κ2) is 7.02. The zero-order valence-electron chi connectivity index (χ0n) is 15.6. The number of aromatic nitrogens is 2. The van der Waals surface area contributed by atoms with Crippen LogP contribution < -0.4 is 0 Å². The van der Waals surface area contributed by atoms with E-state index in [1.807, 2.05) is 0 Å². The van der Waals surface area contributed by atoms with Crippen molar-refractivity contribution in [3.8, 4) is 10.6 Å². The predicted octanol–water partition coefficient (Wildman–Crippen LogP) is 5.99. The molecule has 0 amide bonds. The van der Waals surface area contributed by atoms with Gasteiger partial charge in [-0.1, -0.05) is 34.6 Å². The number of pyridine rings is 1. The first-order chi connectivity index (χ1) is 11.0. The Hall–Kier alpha value is -1.11. The molecule has 132 valence electrons. The summed E-state index contributed by atoms with van der Waals surface area (Å²) in [6.45, 7) is 16.0. The molecule has 0 saturated heterocycles. The van der Waals surface area contributed by atoms with E-state index in [1.165, 1.54) is 17.1 Å². The number of halogens is 1. The molecule has 0 radical (unpaired) electrons. The van der Waals surface area contributed by atoms with Gasteiger partial charge in [-0.2, -0.15) is 4.39 Å². The van der Waals surface area contributed by atoms with Crippen LogP contribution in [-0.2, 0) is 11.0 Å². The van der Waals surface area contributed by atoms with Gasteiger partial charge in [0, 0.05) is 22.7 Å². The fraction of sp³-hybridized carbons (Fsp3) is 0.556. The summed E-state index contributed by atoms with van der Waals surface area (Å²) < 4.78 is 19.7. The lowest BCUT2D eigenvalue weighted by molar-refractivity contribution is 0.271. The van der Waals surface area contributed by atoms with Crippen LogP contribution in [0.2, 0.25) is 18.1 Å². The van der Waals surface area contributed by atoms with Gasteiger partial charge in [0.2, 0.25) is 5.95 Å². The molecule has 2 aromatic heterocycles. The van der Waals surface area contributed by atoms with Gasteiger partial charge in [0.1, 0.15) is 5.01 Å². The topological polar surface area (TPSA) is 35.0 Å². The summed E-state index contributed by atoms with van der Waals surface area (Å²) in [6.07, 6.45) is 1.48. The van der Waals surface area contributed by atoms with Crippen LogP contribution in [0.4, 0.5) is 4.39 Å². The number of hydrogen-bond donors (Lipinski definition) is 0. The van der Waals surface area contributed by atoms with Gasteiger partial charge in [-0.25, -0.2) is 9.97 Å². The van der Waals surface area contributed by atoms with Crippen LogP contribution in [0.25, 0.3) is 10.6 Å². The largest absolute Gasteiger partial charge is 0.411 e. The SMILES string of the molecule is CC(C)c1sc(-c2ccnc(F)c2)nc1CO[Si](C)(C)C(C)(C)C. The van der Waals surface area contributed by atoms with Crippen molar-refractivity contribution in [1.29, 1.82) is 0 Å². The summed E-state index contributed by atoms with van der Waals surface area (Å²) >= 11 is 1.62. The van der Waals surface area contributed by atoms with Gasteiger partial charge in [0.25, 0.3) is 0 Å². The smallest absolute Gasteiger partial charge is 0.213 e. The van der Waals surface area contributed by atoms with Crippen LogP contribution >= 0.6 is 11.3 Å². The maximum atomic E-state index is 13.4. The Labute approximate surface area is 149 Å². The Morgan fingerprint density at radius 3 is 2.50 bits per heavy atom. The third kappa shape index (κ3) is 4.29. The zero-order chi connectivity index (χ0) is 18.1. The Kier molecular flexibility index (Phi) is 5.62. The summed E-state index contributed by atoms with van der Waals surface area (Å²) in [7, 11) is -1.83. The maximum Gasteiger partial charge on any atom is 0.213 e. The molecule has 3 nitrogen and oxygen atoms in total. The molecule has 0 aliphatic heterocycles. The predicted molar refractivity (Wildman–Crippen MR) is 101 cm³/mol. The molecule has 0 atom stereocenters. The molecule has 2 aromatic rings. The van der Waals surface area contributed by atoms with Crippen LogP contribution in [0.1, 0.15) is 51.1 Å². The first-order valence-corrected chi connectivity index (χ1v) is 12.0. The highest BCUT2D eigenvalue weighted by Gasteiger charge is 2.37. The lowest BCUT2D eigenvalue weighted by Gasteiger charge is -2.36. The molecule has 0 aliphatic carbocycles. The van der Waals surface area contributed by atoms with E-state index in [-0.39, 0.29) is 5.04 Å². The highest BCUT2D eigenvalue weighted by Crippen LogP contribution is 2.38. The molecule has 0 aliphatic rings. The lowest BCUT2D eigenvalue weighted by atomic mass is 10.1. The fourth-order valence-electron chi connectivity index (χ4n) is 2.04. The Morgan fingerprint density at radius 2 is 1.96 bits per heavy atom. The third-order valence-corrected chi connectivity index (χ3v) is 10.5. The minimum atomic E-state index is -1.83. The minimum Gasteiger partial charge on any atom is -0.411 e. The molecule has 0 bridgehead atoms. The van der Waals surface area contributed by atoms with Crippen molar-refractivity contribution in [2.45, 2.75) is 65.3 Å². The van der Waals surface area contributed by atoms with E-state index in [9.17, 15) is 4.39 Å². The third-order valence-electron chi connectivity index (χ3n) is 4.60. The van der Waals surface area contributed by atoms with Gasteiger partial charge < -0.3 is 4.43 Å². The summed E-state index contributed by atoms with van der Waals surface area (Å²) in [5.74, 6) is -0.117. The average molecular weight is 367 g/mol. The summed E-state index contributed by atoms with van der Waals surface area (Å²) in [4.78, 5) is 9.57. The first-order valence-electron chi connectivity index (χ1n) is 8.27. The fourth-order valence-corrected chi connectivity index (χ4v) is 4.04. The van der Waals surface area contributed by atoms with Crippen LogP contribution in [-0.4, -0.2) is 18.3 Å². The Balaban J connectivity index is 2.30. The van der Waals surface area contributed by atoms with Gasteiger partial charge in [-0.05, 0) is 30.1 Å². The molecule has 0 fully saturated rings. The Morgan fingerprint density at radius 1 is 1.29 bits per heavy atom. The molecule has 0 saturated carbocycles. The second-order valence-corrected chi connectivity index (χ2v) is 13.7. The summed E-state index contributed by atoms with van der Waals surface area (Å²) in [5.41, 5.74) is 1.75. The lowest BCUT2D eigenvalue weighted by Crippen LogP contribution is -2.40. The normalized spacial score (nSPS) is 12.9. The van der Waals surface area contributed by atoms with E-state index in [2.05, 4.69) is 52.7 Å². The van der Waals surface area contributed by atoms with Crippen molar-refractivity contribution in [1.82, 2.24) is 9.97 Å². The number of nitrogens with zero attached hydrogens (tertiary/aromatic N) is 2. The maximum absolute atomic E-state index is 13.4. The number of thiazole rings is 1. The standard InChI is InChI=1S/C18H27FN2OSSi/c1-12(2)16-14(11-22-24(6,7)18(3,4)5)21-17(23-16)13-8-9-20-15(19)10-13/h8-10,12H,11H2,1-7H3. The molecule has 2 rings (SSSR count). The monoisotopic (exact) mass is 366 g/mol. The zero-order valence-corrected chi connectivity index (χ0v) is 17.4. The van der Waals surface area contributed by atoms with Crippen molar-refractivity contribution in [3.63, 3.8) is 0 Å². The van der Waals surface area contributed by atoms with Gasteiger partial charge in [-0.3, -0.25) is 0 Å². The molecule has 2 heterocycles. The highest BCUT2D eigenvalue weighted by atomic mass is 32.1. The van der Waals surface area contributed by atoms with Crippen LogP contribution in [0.15, 0.2) is 18.3 Å². The van der Waals surface area contributed by atoms with Gasteiger partial charge >= 0.3 is 0 Å². The second-order valence-electron chi connectivity index (χ2n) is 7.90. The van der Waals surface area contributed by atoms with Crippen molar-refractivity contribution < 1.29 is 8.82 Å².